The van der Waals surface area contributed by atoms with Crippen molar-refractivity contribution in [2.24, 2.45) is 5.92 Å². The summed E-state index contributed by atoms with van der Waals surface area (Å²) < 4.78 is 10.9. The Morgan fingerprint density at radius 1 is 1.13 bits per heavy atom. The highest BCUT2D eigenvalue weighted by Crippen LogP contribution is 2.30. The normalized spacial score (nSPS) is 15.1. The zero-order valence-electron chi connectivity index (χ0n) is 17.6. The third kappa shape index (κ3) is 4.86. The van der Waals surface area contributed by atoms with E-state index < -0.39 is 0 Å². The molecule has 2 aromatic carbocycles. The quantitative estimate of drug-likeness (QED) is 0.584. The van der Waals surface area contributed by atoms with Crippen LogP contribution in [0.5, 0.6) is 5.75 Å². The fraction of sp³-hybridized carbons (Fsp3) is 0.348. The van der Waals surface area contributed by atoms with Crippen molar-refractivity contribution in [3.63, 3.8) is 0 Å². The predicted octanol–water partition coefficient (Wildman–Crippen LogP) is 2.87. The molecule has 0 atom stereocenters. The Bertz CT molecular complexity index is 1080. The van der Waals surface area contributed by atoms with Gasteiger partial charge >= 0.3 is 5.97 Å². The van der Waals surface area contributed by atoms with Crippen molar-refractivity contribution >= 4 is 28.6 Å². The fourth-order valence-electron chi connectivity index (χ4n) is 4.01. The standard InChI is InChI=1S/C23H27N5O3/c1-30-22(29)17-5-2-4-16(12-17)13-28-10-8-15(9-11-28)14-31-19-7-3-6-18-20(19)21(24)27-23(25)26-18/h2-7,12,15H,8-11,13-14H2,1H3,(H4,24,25,26,27). The van der Waals surface area contributed by atoms with E-state index in [1.807, 2.05) is 36.4 Å². The molecule has 0 aliphatic carbocycles. The van der Waals surface area contributed by atoms with E-state index in [9.17, 15) is 4.79 Å². The van der Waals surface area contributed by atoms with Crippen LogP contribution in [0.25, 0.3) is 10.9 Å². The molecule has 0 amide bonds. The summed E-state index contributed by atoms with van der Waals surface area (Å²) in [6.07, 6.45) is 2.08. The SMILES string of the molecule is COC(=O)c1cccc(CN2CCC(COc3cccc4nc(N)nc(N)c34)CC2)c1. The number of carbonyl (C=O) groups excluding carboxylic acids is 1. The molecule has 8 heteroatoms. The van der Waals surface area contributed by atoms with E-state index in [0.29, 0.717) is 40.6 Å². The maximum absolute atomic E-state index is 11.7. The number of esters is 1. The number of methoxy groups -OCH3 is 1. The van der Waals surface area contributed by atoms with Crippen LogP contribution in [-0.2, 0) is 11.3 Å². The first kappa shape index (κ1) is 20.9. The number of aromatic nitrogens is 2. The van der Waals surface area contributed by atoms with E-state index >= 15 is 0 Å². The highest BCUT2D eigenvalue weighted by molar-refractivity contribution is 5.94. The molecule has 0 spiro atoms. The smallest absolute Gasteiger partial charge is 0.337 e. The highest BCUT2D eigenvalue weighted by atomic mass is 16.5. The summed E-state index contributed by atoms with van der Waals surface area (Å²) in [4.78, 5) is 22.4. The van der Waals surface area contributed by atoms with Crippen molar-refractivity contribution in [2.45, 2.75) is 19.4 Å². The lowest BCUT2D eigenvalue weighted by Gasteiger charge is -2.32. The number of ether oxygens (including phenoxy) is 2. The van der Waals surface area contributed by atoms with Gasteiger partial charge in [-0.05, 0) is 61.7 Å². The Balaban J connectivity index is 1.32. The summed E-state index contributed by atoms with van der Waals surface area (Å²) in [5, 5.41) is 0.708. The van der Waals surface area contributed by atoms with Gasteiger partial charge in [-0.2, -0.15) is 4.98 Å². The topological polar surface area (TPSA) is 117 Å². The lowest BCUT2D eigenvalue weighted by molar-refractivity contribution is 0.0600. The molecule has 0 radical (unpaired) electrons. The molecule has 0 saturated carbocycles. The van der Waals surface area contributed by atoms with E-state index in [-0.39, 0.29) is 11.9 Å². The third-order valence-corrected chi connectivity index (χ3v) is 5.67. The zero-order valence-corrected chi connectivity index (χ0v) is 17.6. The first-order valence-electron chi connectivity index (χ1n) is 10.4. The summed E-state index contributed by atoms with van der Waals surface area (Å²) >= 11 is 0. The van der Waals surface area contributed by atoms with Gasteiger partial charge in [-0.1, -0.05) is 18.2 Å². The zero-order chi connectivity index (χ0) is 21.8. The second kappa shape index (κ2) is 9.18. The molecule has 1 aliphatic rings. The minimum atomic E-state index is -0.306. The lowest BCUT2D eigenvalue weighted by Crippen LogP contribution is -2.35. The number of fused-ring (bicyclic) bond motifs is 1. The lowest BCUT2D eigenvalue weighted by atomic mass is 9.97. The maximum Gasteiger partial charge on any atom is 0.337 e. The maximum atomic E-state index is 11.7. The Kier molecular flexibility index (Phi) is 6.18. The van der Waals surface area contributed by atoms with Gasteiger partial charge in [0.15, 0.2) is 0 Å². The summed E-state index contributed by atoms with van der Waals surface area (Å²) in [5.41, 5.74) is 14.1. The van der Waals surface area contributed by atoms with Gasteiger partial charge in [0, 0.05) is 6.54 Å². The predicted molar refractivity (Wildman–Crippen MR) is 120 cm³/mol. The number of hydrogen-bond acceptors (Lipinski definition) is 8. The van der Waals surface area contributed by atoms with E-state index in [4.69, 9.17) is 20.9 Å². The van der Waals surface area contributed by atoms with Crippen LogP contribution >= 0.6 is 0 Å². The van der Waals surface area contributed by atoms with Gasteiger partial charge < -0.3 is 20.9 Å². The molecule has 162 valence electrons. The molecule has 1 saturated heterocycles. The van der Waals surface area contributed by atoms with Crippen molar-refractivity contribution in [1.82, 2.24) is 14.9 Å². The molecule has 4 N–H and O–H groups in total. The summed E-state index contributed by atoms with van der Waals surface area (Å²) in [7, 11) is 1.40. The van der Waals surface area contributed by atoms with Crippen LogP contribution in [-0.4, -0.2) is 47.6 Å². The number of anilines is 2. The van der Waals surface area contributed by atoms with Crippen LogP contribution < -0.4 is 16.2 Å². The summed E-state index contributed by atoms with van der Waals surface area (Å²) in [6, 6.07) is 13.2. The Morgan fingerprint density at radius 2 is 1.90 bits per heavy atom. The molecule has 1 aliphatic heterocycles. The number of likely N-dealkylation sites (tertiary alicyclic amines) is 1. The number of hydrogen-bond donors (Lipinski definition) is 2. The molecule has 1 fully saturated rings. The van der Waals surface area contributed by atoms with Gasteiger partial charge in [0.1, 0.15) is 11.6 Å². The average Bonchev–Trinajstić information content (AvgIpc) is 2.78. The van der Waals surface area contributed by atoms with E-state index in [2.05, 4.69) is 14.9 Å². The largest absolute Gasteiger partial charge is 0.492 e. The molecule has 8 nitrogen and oxygen atoms in total. The molecule has 0 unspecified atom stereocenters. The number of nitrogen functional groups attached to an aromatic ring is 2. The Labute approximate surface area is 181 Å². The molecule has 31 heavy (non-hydrogen) atoms. The van der Waals surface area contributed by atoms with Crippen LogP contribution in [0.2, 0.25) is 0 Å². The average molecular weight is 422 g/mol. The van der Waals surface area contributed by atoms with Gasteiger partial charge in [0.25, 0.3) is 0 Å². The van der Waals surface area contributed by atoms with Crippen LogP contribution in [0, 0.1) is 5.92 Å². The second-order valence-electron chi connectivity index (χ2n) is 7.84. The van der Waals surface area contributed by atoms with Gasteiger partial charge in [0.2, 0.25) is 5.95 Å². The first-order chi connectivity index (χ1) is 15.0. The molecule has 0 bridgehead atoms. The van der Waals surface area contributed by atoms with Crippen molar-refractivity contribution in [2.75, 3.05) is 38.3 Å². The fourth-order valence-corrected chi connectivity index (χ4v) is 4.01. The van der Waals surface area contributed by atoms with Gasteiger partial charge in [-0.15, -0.1) is 0 Å². The number of nitrogens with zero attached hydrogens (tertiary/aromatic N) is 3. The van der Waals surface area contributed by atoms with E-state index in [1.165, 1.54) is 7.11 Å². The van der Waals surface area contributed by atoms with Gasteiger partial charge in [-0.3, -0.25) is 4.90 Å². The molecule has 3 aromatic rings. The monoisotopic (exact) mass is 421 g/mol. The van der Waals surface area contributed by atoms with Crippen molar-refractivity contribution in [3.05, 3.63) is 53.6 Å². The van der Waals surface area contributed by atoms with Crippen LogP contribution in [0.15, 0.2) is 42.5 Å². The van der Waals surface area contributed by atoms with Crippen molar-refractivity contribution < 1.29 is 14.3 Å². The number of rotatable bonds is 6. The summed E-state index contributed by atoms with van der Waals surface area (Å²) in [6.45, 7) is 3.40. The van der Waals surface area contributed by atoms with Crippen molar-refractivity contribution in [3.8, 4) is 5.75 Å². The minimum Gasteiger partial charge on any atom is -0.492 e. The Morgan fingerprint density at radius 3 is 2.68 bits per heavy atom. The van der Waals surface area contributed by atoms with Crippen molar-refractivity contribution in [1.29, 1.82) is 0 Å². The van der Waals surface area contributed by atoms with E-state index in [1.54, 1.807) is 6.07 Å². The van der Waals surface area contributed by atoms with E-state index in [0.717, 1.165) is 38.0 Å². The van der Waals surface area contributed by atoms with Crippen LogP contribution in [0.3, 0.4) is 0 Å². The molecular weight excluding hydrogens is 394 g/mol. The number of nitrogens with two attached hydrogens (primary N) is 2. The number of piperidine rings is 1. The molecule has 1 aromatic heterocycles. The molecule has 4 rings (SSSR count). The van der Waals surface area contributed by atoms with Crippen LogP contribution in [0.4, 0.5) is 11.8 Å². The third-order valence-electron chi connectivity index (χ3n) is 5.67. The number of carbonyl (C=O) groups is 1. The van der Waals surface area contributed by atoms with Gasteiger partial charge in [-0.25, -0.2) is 9.78 Å². The van der Waals surface area contributed by atoms with Gasteiger partial charge in [0.05, 0.1) is 30.2 Å². The second-order valence-corrected chi connectivity index (χ2v) is 7.84. The molecular formula is C23H27N5O3. The minimum absolute atomic E-state index is 0.159. The first-order valence-corrected chi connectivity index (χ1v) is 10.4. The summed E-state index contributed by atoms with van der Waals surface area (Å²) in [5.74, 6) is 1.34. The Hall–Kier alpha value is -3.39. The number of benzene rings is 2. The van der Waals surface area contributed by atoms with Crippen LogP contribution in [0.1, 0.15) is 28.8 Å². The highest BCUT2D eigenvalue weighted by Gasteiger charge is 2.21. The molecule has 2 heterocycles.